The molecule has 2 aliphatic rings. The molecule has 2 aromatic carbocycles. The number of furan rings is 1. The van der Waals surface area contributed by atoms with Gasteiger partial charge >= 0.3 is 0 Å². The molecule has 2 amide bonds. The van der Waals surface area contributed by atoms with Gasteiger partial charge in [-0.1, -0.05) is 42.5 Å². The minimum absolute atomic E-state index is 0.347. The maximum absolute atomic E-state index is 11.9. The number of hydrogen-bond acceptors (Lipinski definition) is 9. The fourth-order valence-corrected chi connectivity index (χ4v) is 6.19. The molecule has 3 aromatic heterocycles. The molecule has 0 spiro atoms. The van der Waals surface area contributed by atoms with E-state index in [-0.39, 0.29) is 11.1 Å². The molecule has 2 saturated heterocycles. The molecule has 9 nitrogen and oxygen atoms in total. The number of nitrogens with zero attached hydrogens (tertiary/aromatic N) is 4. The molecule has 210 valence electrons. The standard InChI is InChI=1S/C32H28N6O3S/c39-30-29(42-32(40)37-30)17-23-9-12-34-31(35-23)38-13-10-20(11-14-38)18-33-19-26-24-7-3-1-5-21(24)15-25(36-26)28-16-22-6-2-4-8-27(22)41-28/h1-9,12,15-17,20,33H,10-11,13-14,18-19H2,(H,37,39,40)/b29-17-. The van der Waals surface area contributed by atoms with Gasteiger partial charge in [-0.15, -0.1) is 0 Å². The van der Waals surface area contributed by atoms with Crippen LogP contribution < -0.4 is 15.5 Å². The van der Waals surface area contributed by atoms with Crippen LogP contribution in [0.3, 0.4) is 0 Å². The summed E-state index contributed by atoms with van der Waals surface area (Å²) in [7, 11) is 0. The van der Waals surface area contributed by atoms with E-state index in [1.165, 1.54) is 0 Å². The maximum Gasteiger partial charge on any atom is 0.290 e. The van der Waals surface area contributed by atoms with Gasteiger partial charge in [-0.2, -0.15) is 0 Å². The fraction of sp³-hybridized carbons (Fsp3) is 0.219. The Morgan fingerprint density at radius 3 is 2.62 bits per heavy atom. The number of para-hydroxylation sites is 1. The first-order chi connectivity index (χ1) is 20.6. The fourth-order valence-electron chi connectivity index (χ4n) is 5.52. The minimum Gasteiger partial charge on any atom is -0.454 e. The smallest absolute Gasteiger partial charge is 0.290 e. The van der Waals surface area contributed by atoms with Crippen LogP contribution in [0.2, 0.25) is 0 Å². The Balaban J connectivity index is 0.990. The summed E-state index contributed by atoms with van der Waals surface area (Å²) in [5.74, 6) is 1.56. The third-order valence-electron chi connectivity index (χ3n) is 7.71. The summed E-state index contributed by atoms with van der Waals surface area (Å²) in [5, 5.41) is 8.93. The van der Waals surface area contributed by atoms with Crippen LogP contribution in [0, 0.1) is 5.92 Å². The number of carbonyl (C=O) groups excluding carboxylic acids is 2. The molecule has 0 saturated carbocycles. The van der Waals surface area contributed by atoms with Crippen molar-refractivity contribution in [1.82, 2.24) is 25.6 Å². The first-order valence-electron chi connectivity index (χ1n) is 14.0. The average Bonchev–Trinajstić information content (AvgIpc) is 3.59. The van der Waals surface area contributed by atoms with Gasteiger partial charge in [0.1, 0.15) is 11.3 Å². The molecule has 42 heavy (non-hydrogen) atoms. The van der Waals surface area contributed by atoms with Crippen LogP contribution in [0.4, 0.5) is 10.7 Å². The van der Waals surface area contributed by atoms with Gasteiger partial charge in [-0.3, -0.25) is 14.9 Å². The number of piperidine rings is 1. The summed E-state index contributed by atoms with van der Waals surface area (Å²) in [6.45, 7) is 3.26. The Labute approximate surface area is 246 Å². The number of aromatic nitrogens is 3. The minimum atomic E-state index is -0.386. The first kappa shape index (κ1) is 26.4. The van der Waals surface area contributed by atoms with E-state index in [0.29, 0.717) is 29.0 Å². The van der Waals surface area contributed by atoms with Gasteiger partial charge in [-0.05, 0) is 72.8 Å². The lowest BCUT2D eigenvalue weighted by Crippen LogP contribution is -2.38. The van der Waals surface area contributed by atoms with Gasteiger partial charge in [0.25, 0.3) is 11.1 Å². The van der Waals surface area contributed by atoms with Gasteiger partial charge in [0.2, 0.25) is 5.95 Å². The second kappa shape index (κ2) is 11.4. The third kappa shape index (κ3) is 5.50. The quantitative estimate of drug-likeness (QED) is 0.233. The van der Waals surface area contributed by atoms with Crippen molar-refractivity contribution < 1.29 is 14.0 Å². The molecule has 0 radical (unpaired) electrons. The topological polar surface area (TPSA) is 113 Å². The number of rotatable bonds is 7. The van der Waals surface area contributed by atoms with Crippen molar-refractivity contribution in [3.63, 3.8) is 0 Å². The SMILES string of the molecule is O=C1NC(=O)/C(=C/c2ccnc(N3CCC(CNCc4nc(-c5cc6ccccc6o5)cc5ccccc45)CC3)n2)S1. The molecular formula is C32H28N6O3S. The summed E-state index contributed by atoms with van der Waals surface area (Å²) < 4.78 is 6.12. The van der Waals surface area contributed by atoms with Gasteiger partial charge < -0.3 is 14.6 Å². The van der Waals surface area contributed by atoms with Crippen LogP contribution in [0.5, 0.6) is 0 Å². The maximum atomic E-state index is 11.9. The van der Waals surface area contributed by atoms with E-state index in [1.807, 2.05) is 18.2 Å². The van der Waals surface area contributed by atoms with Crippen LogP contribution in [0.1, 0.15) is 24.2 Å². The highest BCUT2D eigenvalue weighted by Crippen LogP contribution is 2.30. The van der Waals surface area contributed by atoms with Crippen molar-refractivity contribution in [3.8, 4) is 11.5 Å². The highest BCUT2D eigenvalue weighted by molar-refractivity contribution is 8.18. The molecule has 2 fully saturated rings. The Morgan fingerprint density at radius 1 is 1.00 bits per heavy atom. The molecular weight excluding hydrogens is 548 g/mol. The Morgan fingerprint density at radius 2 is 1.81 bits per heavy atom. The highest BCUT2D eigenvalue weighted by atomic mass is 32.2. The molecule has 5 aromatic rings. The van der Waals surface area contributed by atoms with Crippen LogP contribution >= 0.6 is 11.8 Å². The molecule has 0 aliphatic carbocycles. The molecule has 2 aliphatic heterocycles. The van der Waals surface area contributed by atoms with Gasteiger partial charge in [0.05, 0.1) is 16.3 Å². The first-order valence-corrected chi connectivity index (χ1v) is 14.8. The number of nitrogens with one attached hydrogen (secondary N) is 2. The van der Waals surface area contributed by atoms with E-state index in [4.69, 9.17) is 9.40 Å². The molecule has 0 unspecified atom stereocenters. The number of anilines is 1. The number of thioether (sulfide) groups is 1. The van der Waals surface area contributed by atoms with Gasteiger partial charge in [0.15, 0.2) is 5.76 Å². The predicted molar refractivity (Wildman–Crippen MR) is 165 cm³/mol. The number of carbonyl (C=O) groups is 2. The number of benzene rings is 2. The van der Waals surface area contributed by atoms with E-state index in [2.05, 4.69) is 68.0 Å². The number of fused-ring (bicyclic) bond motifs is 2. The number of amides is 2. The third-order valence-corrected chi connectivity index (χ3v) is 8.52. The number of pyridine rings is 1. The molecule has 0 bridgehead atoms. The monoisotopic (exact) mass is 576 g/mol. The van der Waals surface area contributed by atoms with Crippen LogP contribution in [-0.2, 0) is 11.3 Å². The Kier molecular flexibility index (Phi) is 7.15. The van der Waals surface area contributed by atoms with Crippen molar-refractivity contribution >= 4 is 56.7 Å². The highest BCUT2D eigenvalue weighted by Gasteiger charge is 2.26. The normalized spacial score (nSPS) is 17.0. The number of hydrogen-bond donors (Lipinski definition) is 2. The summed E-state index contributed by atoms with van der Waals surface area (Å²) in [6.07, 6.45) is 5.36. The predicted octanol–water partition coefficient (Wildman–Crippen LogP) is 5.77. The van der Waals surface area contributed by atoms with Gasteiger partial charge in [-0.25, -0.2) is 15.0 Å². The van der Waals surface area contributed by atoms with Crippen LogP contribution in [-0.4, -0.2) is 45.7 Å². The van der Waals surface area contributed by atoms with Crippen molar-refractivity contribution in [2.45, 2.75) is 19.4 Å². The molecule has 0 atom stereocenters. The van der Waals surface area contributed by atoms with Crippen molar-refractivity contribution in [2.75, 3.05) is 24.5 Å². The molecule has 2 N–H and O–H groups in total. The van der Waals surface area contributed by atoms with E-state index >= 15 is 0 Å². The zero-order chi connectivity index (χ0) is 28.5. The lowest BCUT2D eigenvalue weighted by Gasteiger charge is -2.32. The average molecular weight is 577 g/mol. The Bertz CT molecular complexity index is 1810. The number of imide groups is 1. The summed E-state index contributed by atoms with van der Waals surface area (Å²) in [4.78, 5) is 40.0. The molecule has 10 heteroatoms. The summed E-state index contributed by atoms with van der Waals surface area (Å²) >= 11 is 0.888. The molecule has 7 rings (SSSR count). The molecule has 5 heterocycles. The second-order valence-electron chi connectivity index (χ2n) is 10.5. The van der Waals surface area contributed by atoms with Crippen molar-refractivity contribution in [1.29, 1.82) is 0 Å². The van der Waals surface area contributed by atoms with E-state index in [1.54, 1.807) is 18.3 Å². The van der Waals surface area contributed by atoms with Crippen LogP contribution in [0.25, 0.3) is 39.3 Å². The zero-order valence-electron chi connectivity index (χ0n) is 22.7. The van der Waals surface area contributed by atoms with Crippen molar-refractivity contribution in [2.24, 2.45) is 5.92 Å². The second-order valence-corrected chi connectivity index (χ2v) is 11.5. The Hall–Kier alpha value is -4.54. The van der Waals surface area contributed by atoms with Crippen molar-refractivity contribution in [3.05, 3.63) is 89.2 Å². The van der Waals surface area contributed by atoms with Gasteiger partial charge in [0, 0.05) is 36.6 Å². The zero-order valence-corrected chi connectivity index (χ0v) is 23.6. The lowest BCUT2D eigenvalue weighted by molar-refractivity contribution is -0.115. The lowest BCUT2D eigenvalue weighted by atomic mass is 9.97. The van der Waals surface area contributed by atoms with E-state index in [0.717, 1.165) is 83.1 Å². The van der Waals surface area contributed by atoms with E-state index in [9.17, 15) is 9.59 Å². The summed E-state index contributed by atoms with van der Waals surface area (Å²) in [5.41, 5.74) is 3.32. The summed E-state index contributed by atoms with van der Waals surface area (Å²) in [6, 6.07) is 22.3. The largest absolute Gasteiger partial charge is 0.454 e. The van der Waals surface area contributed by atoms with Crippen LogP contribution in [0.15, 0.2) is 82.2 Å². The van der Waals surface area contributed by atoms with E-state index < -0.39 is 0 Å².